The van der Waals surface area contributed by atoms with Crippen LogP contribution in [0.2, 0.25) is 0 Å². The van der Waals surface area contributed by atoms with E-state index in [0.717, 1.165) is 12.1 Å². The molecule has 2 amide bonds. The Balaban J connectivity index is 1.92. The smallest absolute Gasteiger partial charge is 0.246 e. The van der Waals surface area contributed by atoms with Crippen LogP contribution in [0.3, 0.4) is 0 Å². The number of carbonyl (C=O) groups excluding carboxylic acids is 3. The standard InChI is InChI=1S/C13H15N3O3S/c1-13(2)3-7-11(8(17)4-13)20-12(14-7)16-5-9(18)15-10(19)6-16/h3-6H2,1-2H3,(H,15,18,19). The number of anilines is 1. The highest BCUT2D eigenvalue weighted by atomic mass is 32.1. The van der Waals surface area contributed by atoms with E-state index >= 15 is 0 Å². The Kier molecular flexibility index (Phi) is 2.89. The Labute approximate surface area is 120 Å². The zero-order chi connectivity index (χ0) is 14.5. The predicted molar refractivity (Wildman–Crippen MR) is 73.9 cm³/mol. The molecule has 0 bridgehead atoms. The zero-order valence-electron chi connectivity index (χ0n) is 11.4. The van der Waals surface area contributed by atoms with Gasteiger partial charge >= 0.3 is 0 Å². The van der Waals surface area contributed by atoms with Crippen LogP contribution in [0.1, 0.15) is 35.6 Å². The fourth-order valence-electron chi connectivity index (χ4n) is 2.62. The number of carbonyl (C=O) groups is 3. The lowest BCUT2D eigenvalue weighted by Gasteiger charge is -2.26. The summed E-state index contributed by atoms with van der Waals surface area (Å²) < 4.78 is 0. The highest BCUT2D eigenvalue weighted by molar-refractivity contribution is 7.17. The van der Waals surface area contributed by atoms with E-state index in [9.17, 15) is 14.4 Å². The summed E-state index contributed by atoms with van der Waals surface area (Å²) in [7, 11) is 0. The molecule has 1 fully saturated rings. The van der Waals surface area contributed by atoms with Gasteiger partial charge in [-0.25, -0.2) is 4.98 Å². The van der Waals surface area contributed by atoms with Crippen molar-refractivity contribution in [3.05, 3.63) is 10.6 Å². The van der Waals surface area contributed by atoms with Crippen molar-refractivity contribution in [1.29, 1.82) is 0 Å². The summed E-state index contributed by atoms with van der Waals surface area (Å²) in [6.07, 6.45) is 1.26. The molecule has 6 nitrogen and oxygen atoms in total. The highest BCUT2D eigenvalue weighted by Gasteiger charge is 2.35. The second-order valence-electron chi connectivity index (χ2n) is 6.04. The van der Waals surface area contributed by atoms with Gasteiger partial charge in [-0.1, -0.05) is 25.2 Å². The van der Waals surface area contributed by atoms with E-state index in [1.807, 2.05) is 13.8 Å². The van der Waals surface area contributed by atoms with Crippen molar-refractivity contribution < 1.29 is 14.4 Å². The number of nitrogens with zero attached hydrogens (tertiary/aromatic N) is 2. The third-order valence-corrected chi connectivity index (χ3v) is 4.64. The number of fused-ring (bicyclic) bond motifs is 1. The van der Waals surface area contributed by atoms with E-state index in [1.165, 1.54) is 11.3 Å². The minimum atomic E-state index is -0.332. The summed E-state index contributed by atoms with van der Waals surface area (Å²) in [6.45, 7) is 4.31. The molecule has 1 N–H and O–H groups in total. The average molecular weight is 293 g/mol. The summed E-state index contributed by atoms with van der Waals surface area (Å²) in [5.74, 6) is -0.560. The molecule has 1 aromatic heterocycles. The lowest BCUT2D eigenvalue weighted by Crippen LogP contribution is -2.51. The maximum atomic E-state index is 12.1. The summed E-state index contributed by atoms with van der Waals surface area (Å²) in [4.78, 5) is 41.7. The Morgan fingerprint density at radius 1 is 1.15 bits per heavy atom. The molecule has 0 spiro atoms. The molecule has 1 aliphatic heterocycles. The number of thiazole rings is 1. The number of piperazine rings is 1. The largest absolute Gasteiger partial charge is 0.329 e. The van der Waals surface area contributed by atoms with Gasteiger partial charge in [0.25, 0.3) is 0 Å². The molecule has 20 heavy (non-hydrogen) atoms. The van der Waals surface area contributed by atoms with E-state index < -0.39 is 0 Å². The summed E-state index contributed by atoms with van der Waals surface area (Å²) in [5.41, 5.74) is 0.717. The van der Waals surface area contributed by atoms with Crippen LogP contribution in [0, 0.1) is 5.41 Å². The van der Waals surface area contributed by atoms with Crippen molar-refractivity contribution in [3.8, 4) is 0 Å². The maximum Gasteiger partial charge on any atom is 0.246 e. The molecule has 0 atom stereocenters. The van der Waals surface area contributed by atoms with E-state index in [1.54, 1.807) is 4.90 Å². The number of rotatable bonds is 1. The zero-order valence-corrected chi connectivity index (χ0v) is 12.2. The van der Waals surface area contributed by atoms with Crippen LogP contribution in [0.25, 0.3) is 0 Å². The molecule has 1 saturated heterocycles. The van der Waals surface area contributed by atoms with Gasteiger partial charge in [0.2, 0.25) is 11.8 Å². The quantitative estimate of drug-likeness (QED) is 0.773. The molecule has 106 valence electrons. The van der Waals surface area contributed by atoms with Crippen LogP contribution < -0.4 is 10.2 Å². The van der Waals surface area contributed by atoms with Crippen molar-refractivity contribution >= 4 is 34.1 Å². The summed E-state index contributed by atoms with van der Waals surface area (Å²) >= 11 is 1.29. The SMILES string of the molecule is CC1(C)CC(=O)c2sc(N3CC(=O)NC(=O)C3)nc2C1. The fourth-order valence-corrected chi connectivity index (χ4v) is 3.63. The topological polar surface area (TPSA) is 79.4 Å². The minimum Gasteiger partial charge on any atom is -0.329 e. The van der Waals surface area contributed by atoms with E-state index in [0.29, 0.717) is 16.4 Å². The molecule has 0 unspecified atom stereocenters. The molecule has 0 saturated carbocycles. The van der Waals surface area contributed by atoms with Gasteiger partial charge in [0.1, 0.15) is 13.1 Å². The number of Topliss-reactive ketones (excluding diaryl/α,β-unsaturated/α-hetero) is 1. The van der Waals surface area contributed by atoms with Crippen LogP contribution in [-0.2, 0) is 16.0 Å². The Morgan fingerprint density at radius 2 is 1.80 bits per heavy atom. The lowest BCUT2D eigenvalue weighted by molar-refractivity contribution is -0.130. The van der Waals surface area contributed by atoms with Gasteiger partial charge in [0.15, 0.2) is 10.9 Å². The number of imide groups is 1. The Bertz CT molecular complexity index is 604. The number of ketones is 1. The molecular formula is C13H15N3O3S. The van der Waals surface area contributed by atoms with Gasteiger partial charge in [-0.2, -0.15) is 0 Å². The Hall–Kier alpha value is -1.76. The van der Waals surface area contributed by atoms with Gasteiger partial charge in [-0.3, -0.25) is 19.7 Å². The van der Waals surface area contributed by atoms with Gasteiger partial charge in [0.05, 0.1) is 10.6 Å². The molecule has 1 aliphatic carbocycles. The van der Waals surface area contributed by atoms with Crippen LogP contribution in [0.5, 0.6) is 0 Å². The number of nitrogens with one attached hydrogen (secondary N) is 1. The van der Waals surface area contributed by atoms with E-state index in [-0.39, 0.29) is 36.1 Å². The normalized spacial score (nSPS) is 21.7. The van der Waals surface area contributed by atoms with E-state index in [4.69, 9.17) is 0 Å². The van der Waals surface area contributed by atoms with Crippen molar-refractivity contribution in [1.82, 2.24) is 10.3 Å². The third kappa shape index (κ3) is 2.33. The van der Waals surface area contributed by atoms with Crippen LogP contribution >= 0.6 is 11.3 Å². The predicted octanol–water partition coefficient (Wildman–Crippen LogP) is 0.761. The van der Waals surface area contributed by atoms with Crippen molar-refractivity contribution in [2.45, 2.75) is 26.7 Å². The fraction of sp³-hybridized carbons (Fsp3) is 0.538. The summed E-state index contributed by atoms with van der Waals surface area (Å²) in [5, 5.41) is 2.84. The number of amides is 2. The van der Waals surface area contributed by atoms with Crippen LogP contribution in [0.4, 0.5) is 5.13 Å². The molecule has 2 heterocycles. The highest BCUT2D eigenvalue weighted by Crippen LogP contribution is 2.39. The van der Waals surface area contributed by atoms with Gasteiger partial charge in [-0.15, -0.1) is 0 Å². The summed E-state index contributed by atoms with van der Waals surface area (Å²) in [6, 6.07) is 0. The first kappa shape index (κ1) is 13.2. The van der Waals surface area contributed by atoms with Crippen molar-refractivity contribution in [2.24, 2.45) is 5.41 Å². The molecule has 3 rings (SSSR count). The van der Waals surface area contributed by atoms with Crippen LogP contribution in [-0.4, -0.2) is 35.7 Å². The lowest BCUT2D eigenvalue weighted by atomic mass is 9.78. The Morgan fingerprint density at radius 3 is 2.45 bits per heavy atom. The van der Waals surface area contributed by atoms with Crippen molar-refractivity contribution in [2.75, 3.05) is 18.0 Å². The average Bonchev–Trinajstić information content (AvgIpc) is 2.69. The van der Waals surface area contributed by atoms with Crippen molar-refractivity contribution in [3.63, 3.8) is 0 Å². The molecule has 2 aliphatic rings. The molecule has 0 radical (unpaired) electrons. The second-order valence-corrected chi connectivity index (χ2v) is 7.02. The maximum absolute atomic E-state index is 12.1. The third-order valence-electron chi connectivity index (χ3n) is 3.44. The van der Waals surface area contributed by atoms with Gasteiger partial charge < -0.3 is 4.90 Å². The minimum absolute atomic E-state index is 0.0788. The van der Waals surface area contributed by atoms with Crippen LogP contribution in [0.15, 0.2) is 0 Å². The number of hydrogen-bond acceptors (Lipinski definition) is 6. The molecule has 7 heteroatoms. The molecular weight excluding hydrogens is 278 g/mol. The second kappa shape index (κ2) is 4.37. The first-order chi connectivity index (χ1) is 9.34. The first-order valence-corrected chi connectivity index (χ1v) is 7.26. The van der Waals surface area contributed by atoms with E-state index in [2.05, 4.69) is 10.3 Å². The monoisotopic (exact) mass is 293 g/mol. The van der Waals surface area contributed by atoms with Gasteiger partial charge in [0, 0.05) is 6.42 Å². The van der Waals surface area contributed by atoms with Gasteiger partial charge in [-0.05, 0) is 11.8 Å². The number of hydrogen-bond donors (Lipinski definition) is 1. The molecule has 0 aromatic carbocycles. The first-order valence-electron chi connectivity index (χ1n) is 6.45. The molecule has 1 aromatic rings. The number of aromatic nitrogens is 1.